The molecule has 6 nitrogen and oxygen atoms in total. The Morgan fingerprint density at radius 3 is 2.81 bits per heavy atom. The van der Waals surface area contributed by atoms with Gasteiger partial charge in [0.15, 0.2) is 5.69 Å². The van der Waals surface area contributed by atoms with Gasteiger partial charge in [0.1, 0.15) is 5.75 Å². The van der Waals surface area contributed by atoms with Crippen LogP contribution in [0.1, 0.15) is 21.6 Å². The predicted molar refractivity (Wildman–Crippen MR) is 101 cm³/mol. The first kappa shape index (κ1) is 18.6. The fourth-order valence-electron chi connectivity index (χ4n) is 2.90. The number of carbonyl (C=O) groups is 1. The first-order valence-electron chi connectivity index (χ1n) is 8.45. The zero-order valence-electron chi connectivity index (χ0n) is 14.9. The maximum Gasteiger partial charge on any atom is 0.207 e. The summed E-state index contributed by atoms with van der Waals surface area (Å²) in [5.74, 6) is 0.619. The molecular formula is C19H22ClN3O3. The number of methoxy groups -OCH3 is 1. The first-order chi connectivity index (χ1) is 12.6. The van der Waals surface area contributed by atoms with E-state index in [4.69, 9.17) is 21.1 Å². The van der Waals surface area contributed by atoms with Gasteiger partial charge in [0.25, 0.3) is 0 Å². The molecule has 1 aromatic heterocycles. The number of benzene rings is 1. The molecule has 0 saturated carbocycles. The summed E-state index contributed by atoms with van der Waals surface area (Å²) in [5.41, 5.74) is 2.27. The third-order valence-electron chi connectivity index (χ3n) is 4.25. The molecule has 2 aromatic rings. The minimum absolute atomic E-state index is 0.221. The van der Waals surface area contributed by atoms with E-state index in [1.165, 1.54) is 10.8 Å². The maximum atomic E-state index is 12.3. The van der Waals surface area contributed by atoms with Crippen LogP contribution in [-0.4, -0.2) is 53.9 Å². The van der Waals surface area contributed by atoms with Gasteiger partial charge < -0.3 is 9.47 Å². The molecule has 3 rings (SSSR count). The minimum atomic E-state index is -0.221. The second-order valence-electron chi connectivity index (χ2n) is 6.16. The number of carbonyl (C=O) groups excluding carboxylic acids is 1. The normalized spacial score (nSPS) is 15.5. The zero-order valence-corrected chi connectivity index (χ0v) is 15.7. The second-order valence-corrected chi connectivity index (χ2v) is 6.56. The highest BCUT2D eigenvalue weighted by Crippen LogP contribution is 2.23. The number of aromatic nitrogens is 2. The molecule has 0 radical (unpaired) electrons. The van der Waals surface area contributed by atoms with Crippen molar-refractivity contribution in [3.63, 3.8) is 0 Å². The molecule has 0 aliphatic carbocycles. The Labute approximate surface area is 158 Å². The molecule has 1 saturated heterocycles. The van der Waals surface area contributed by atoms with E-state index in [1.54, 1.807) is 26.4 Å². The average molecular weight is 376 g/mol. The van der Waals surface area contributed by atoms with Crippen LogP contribution in [0.25, 0.3) is 6.08 Å². The lowest BCUT2D eigenvalue weighted by Gasteiger charge is -2.27. The summed E-state index contributed by atoms with van der Waals surface area (Å²) in [6, 6.07) is 5.89. The van der Waals surface area contributed by atoms with Gasteiger partial charge in [-0.05, 0) is 23.8 Å². The largest absolute Gasteiger partial charge is 0.496 e. The van der Waals surface area contributed by atoms with Crippen LogP contribution >= 0.6 is 11.6 Å². The smallest absolute Gasteiger partial charge is 0.207 e. The van der Waals surface area contributed by atoms with Crippen LogP contribution in [-0.2, 0) is 18.3 Å². The van der Waals surface area contributed by atoms with Crippen molar-refractivity contribution in [3.05, 3.63) is 52.3 Å². The second kappa shape index (κ2) is 8.49. The monoisotopic (exact) mass is 375 g/mol. The van der Waals surface area contributed by atoms with E-state index in [9.17, 15) is 4.79 Å². The van der Waals surface area contributed by atoms with Crippen molar-refractivity contribution >= 4 is 23.5 Å². The molecule has 26 heavy (non-hydrogen) atoms. The van der Waals surface area contributed by atoms with E-state index in [-0.39, 0.29) is 11.5 Å². The van der Waals surface area contributed by atoms with Crippen LogP contribution in [0.15, 0.2) is 30.5 Å². The van der Waals surface area contributed by atoms with Crippen molar-refractivity contribution in [2.75, 3.05) is 33.4 Å². The molecule has 0 spiro atoms. The molecule has 0 amide bonds. The molecule has 1 fully saturated rings. The zero-order chi connectivity index (χ0) is 18.5. The van der Waals surface area contributed by atoms with Gasteiger partial charge >= 0.3 is 0 Å². The fraction of sp³-hybridized carbons (Fsp3) is 0.368. The maximum absolute atomic E-state index is 12.3. The Morgan fingerprint density at radius 1 is 1.38 bits per heavy atom. The Kier molecular flexibility index (Phi) is 6.08. The summed E-state index contributed by atoms with van der Waals surface area (Å²) in [7, 11) is 3.40. The van der Waals surface area contributed by atoms with E-state index in [0.717, 1.165) is 49.7 Å². The minimum Gasteiger partial charge on any atom is -0.496 e. The molecule has 138 valence electrons. The van der Waals surface area contributed by atoms with Crippen LogP contribution in [0.5, 0.6) is 5.75 Å². The molecule has 0 bridgehead atoms. The van der Waals surface area contributed by atoms with Crippen LogP contribution in [0.3, 0.4) is 0 Å². The van der Waals surface area contributed by atoms with Crippen molar-refractivity contribution in [3.8, 4) is 5.75 Å². The Balaban J connectivity index is 1.76. The summed E-state index contributed by atoms with van der Waals surface area (Å²) < 4.78 is 12.4. The van der Waals surface area contributed by atoms with Crippen molar-refractivity contribution < 1.29 is 14.3 Å². The standard InChI is InChI=1S/C19H22ClN3O3/c1-22-13-16(20)19(21-22)17(24)5-3-14-4-6-18(25-2)15(11-14)12-23-7-9-26-10-8-23/h3-6,11,13H,7-10,12H2,1-2H3/b5-3+. The topological polar surface area (TPSA) is 56.6 Å². The Bertz CT molecular complexity index is 810. The van der Waals surface area contributed by atoms with Crippen LogP contribution in [0.4, 0.5) is 0 Å². The molecule has 0 N–H and O–H groups in total. The predicted octanol–water partition coefficient (Wildman–Crippen LogP) is 2.81. The van der Waals surface area contributed by atoms with Gasteiger partial charge in [-0.15, -0.1) is 0 Å². The third kappa shape index (κ3) is 4.52. The van der Waals surface area contributed by atoms with Gasteiger partial charge in [0.2, 0.25) is 5.78 Å². The van der Waals surface area contributed by atoms with Crippen LogP contribution < -0.4 is 4.74 Å². The van der Waals surface area contributed by atoms with E-state index >= 15 is 0 Å². The Hall–Kier alpha value is -2.15. The highest BCUT2D eigenvalue weighted by atomic mass is 35.5. The number of hydrogen-bond acceptors (Lipinski definition) is 5. The molecule has 1 aliphatic heterocycles. The summed E-state index contributed by atoms with van der Waals surface area (Å²) in [4.78, 5) is 14.6. The van der Waals surface area contributed by atoms with Crippen molar-refractivity contribution in [2.24, 2.45) is 7.05 Å². The van der Waals surface area contributed by atoms with Crippen molar-refractivity contribution in [2.45, 2.75) is 6.54 Å². The molecule has 2 heterocycles. The first-order valence-corrected chi connectivity index (χ1v) is 8.83. The lowest BCUT2D eigenvalue weighted by atomic mass is 10.1. The summed E-state index contributed by atoms with van der Waals surface area (Å²) in [6.07, 6.45) is 4.88. The highest BCUT2D eigenvalue weighted by molar-refractivity contribution is 6.34. The molecular weight excluding hydrogens is 354 g/mol. The highest BCUT2D eigenvalue weighted by Gasteiger charge is 2.14. The van der Waals surface area contributed by atoms with E-state index < -0.39 is 0 Å². The number of nitrogens with zero attached hydrogens (tertiary/aromatic N) is 3. The van der Waals surface area contributed by atoms with Crippen LogP contribution in [0.2, 0.25) is 5.02 Å². The summed E-state index contributed by atoms with van der Waals surface area (Å²) in [5, 5.41) is 4.44. The number of morpholine rings is 1. The van der Waals surface area contributed by atoms with Gasteiger partial charge in [-0.25, -0.2) is 0 Å². The number of allylic oxidation sites excluding steroid dienone is 1. The number of aryl methyl sites for hydroxylation is 1. The number of halogens is 1. The summed E-state index contributed by atoms with van der Waals surface area (Å²) in [6.45, 7) is 4.09. The SMILES string of the molecule is COc1ccc(/C=C/C(=O)c2nn(C)cc2Cl)cc1CN1CCOCC1. The molecule has 1 aliphatic rings. The summed E-state index contributed by atoms with van der Waals surface area (Å²) >= 11 is 6.02. The number of ether oxygens (including phenoxy) is 2. The lowest BCUT2D eigenvalue weighted by Crippen LogP contribution is -2.35. The lowest BCUT2D eigenvalue weighted by molar-refractivity contribution is 0.0339. The van der Waals surface area contributed by atoms with Crippen molar-refractivity contribution in [1.82, 2.24) is 14.7 Å². The average Bonchev–Trinajstić information content (AvgIpc) is 2.99. The third-order valence-corrected chi connectivity index (χ3v) is 4.52. The van der Waals surface area contributed by atoms with Crippen molar-refractivity contribution in [1.29, 1.82) is 0 Å². The quantitative estimate of drug-likeness (QED) is 0.574. The van der Waals surface area contributed by atoms with Crippen LogP contribution in [0, 0.1) is 0 Å². The van der Waals surface area contributed by atoms with Gasteiger partial charge in [-0.1, -0.05) is 23.7 Å². The molecule has 0 unspecified atom stereocenters. The fourth-order valence-corrected chi connectivity index (χ4v) is 3.18. The number of hydrogen-bond donors (Lipinski definition) is 0. The number of ketones is 1. The molecule has 7 heteroatoms. The number of rotatable bonds is 6. The van der Waals surface area contributed by atoms with Gasteiger partial charge in [-0.3, -0.25) is 14.4 Å². The Morgan fingerprint density at radius 2 is 2.15 bits per heavy atom. The van der Waals surface area contributed by atoms with E-state index in [1.807, 2.05) is 18.2 Å². The molecule has 0 atom stereocenters. The van der Waals surface area contributed by atoms with E-state index in [0.29, 0.717) is 5.02 Å². The van der Waals surface area contributed by atoms with Gasteiger partial charge in [0, 0.05) is 38.4 Å². The van der Waals surface area contributed by atoms with Gasteiger partial charge in [0.05, 0.1) is 25.3 Å². The van der Waals surface area contributed by atoms with E-state index in [2.05, 4.69) is 10.00 Å². The van der Waals surface area contributed by atoms with Gasteiger partial charge in [-0.2, -0.15) is 5.10 Å². The molecule has 1 aromatic carbocycles.